The van der Waals surface area contributed by atoms with Crippen molar-refractivity contribution in [2.75, 3.05) is 18.6 Å². The highest BCUT2D eigenvalue weighted by Gasteiger charge is 2.24. The van der Waals surface area contributed by atoms with Crippen LogP contribution in [0.3, 0.4) is 0 Å². The van der Waals surface area contributed by atoms with Crippen molar-refractivity contribution in [1.29, 1.82) is 0 Å². The number of anilines is 1. The summed E-state index contributed by atoms with van der Waals surface area (Å²) in [6.45, 7) is 4.89. The first kappa shape index (κ1) is 17.8. The molecule has 2 aromatic heterocycles. The molecule has 0 atom stereocenters. The lowest BCUT2D eigenvalue weighted by Gasteiger charge is -2.29. The Morgan fingerprint density at radius 3 is 2.74 bits per heavy atom. The summed E-state index contributed by atoms with van der Waals surface area (Å²) in [5, 5.41) is 2.91. The van der Waals surface area contributed by atoms with Gasteiger partial charge in [0.1, 0.15) is 5.75 Å². The number of carbonyl (C=O) groups is 1. The molecule has 4 rings (SSSR count). The van der Waals surface area contributed by atoms with Crippen molar-refractivity contribution in [1.82, 2.24) is 9.55 Å². The number of thiazole rings is 1. The van der Waals surface area contributed by atoms with Gasteiger partial charge in [-0.1, -0.05) is 0 Å². The Morgan fingerprint density at radius 2 is 2.00 bits per heavy atom. The second kappa shape index (κ2) is 7.19. The molecule has 3 aromatic rings. The van der Waals surface area contributed by atoms with Gasteiger partial charge in [-0.3, -0.25) is 9.36 Å². The van der Waals surface area contributed by atoms with Crippen molar-refractivity contribution in [3.05, 3.63) is 58.4 Å². The smallest absolute Gasteiger partial charge is 0.233 e. The number of benzene rings is 1. The van der Waals surface area contributed by atoms with Gasteiger partial charge in [-0.25, -0.2) is 4.98 Å². The van der Waals surface area contributed by atoms with Gasteiger partial charge >= 0.3 is 0 Å². The molecule has 27 heavy (non-hydrogen) atoms. The topological polar surface area (TPSA) is 47.4 Å². The van der Waals surface area contributed by atoms with E-state index < -0.39 is 0 Å². The molecule has 140 valence electrons. The fraction of sp³-hybridized carbons (Fsp3) is 0.333. The first-order chi connectivity index (χ1) is 13.1. The van der Waals surface area contributed by atoms with Crippen LogP contribution in [0.2, 0.25) is 0 Å². The van der Waals surface area contributed by atoms with Crippen molar-refractivity contribution in [3.8, 4) is 10.9 Å². The maximum absolute atomic E-state index is 13.0. The van der Waals surface area contributed by atoms with Crippen LogP contribution in [0.15, 0.2) is 35.7 Å². The molecule has 1 aliphatic heterocycles. The summed E-state index contributed by atoms with van der Waals surface area (Å²) in [6.07, 6.45) is 2.26. The molecule has 3 heterocycles. The number of ether oxygens (including phenoxy) is 1. The van der Waals surface area contributed by atoms with Crippen molar-refractivity contribution in [2.24, 2.45) is 0 Å². The number of aromatic nitrogens is 2. The standard InChI is InChI=1S/C21H23N3O2S/c1-14-6-7-15(2)24(14)21-22-17(13-27-21)12-20(25)23-10-4-5-16-11-18(26-3)8-9-19(16)23/h6-9,11,13H,4-5,10,12H2,1-3H3. The van der Waals surface area contributed by atoms with E-state index in [1.54, 1.807) is 18.4 Å². The van der Waals surface area contributed by atoms with Gasteiger partial charge in [-0.05, 0) is 62.6 Å². The highest BCUT2D eigenvalue weighted by molar-refractivity contribution is 7.12. The Morgan fingerprint density at radius 1 is 1.22 bits per heavy atom. The van der Waals surface area contributed by atoms with Crippen LogP contribution in [-0.2, 0) is 17.6 Å². The van der Waals surface area contributed by atoms with E-state index >= 15 is 0 Å². The molecular formula is C21H23N3O2S. The zero-order valence-electron chi connectivity index (χ0n) is 15.9. The fourth-order valence-electron chi connectivity index (χ4n) is 3.66. The summed E-state index contributed by atoms with van der Waals surface area (Å²) in [4.78, 5) is 19.6. The molecule has 1 aliphatic rings. The second-order valence-corrected chi connectivity index (χ2v) is 7.73. The number of fused-ring (bicyclic) bond motifs is 1. The fourth-order valence-corrected chi connectivity index (χ4v) is 4.60. The van der Waals surface area contributed by atoms with E-state index in [1.165, 1.54) is 5.56 Å². The van der Waals surface area contributed by atoms with Crippen LogP contribution in [0, 0.1) is 13.8 Å². The van der Waals surface area contributed by atoms with E-state index in [9.17, 15) is 4.79 Å². The summed E-state index contributed by atoms with van der Waals surface area (Å²) in [5.41, 5.74) is 5.30. The Balaban J connectivity index is 1.54. The molecule has 1 amide bonds. The van der Waals surface area contributed by atoms with Crippen molar-refractivity contribution in [3.63, 3.8) is 0 Å². The number of carbonyl (C=O) groups excluding carboxylic acids is 1. The summed E-state index contributed by atoms with van der Waals surface area (Å²) >= 11 is 1.58. The summed E-state index contributed by atoms with van der Waals surface area (Å²) in [7, 11) is 1.67. The number of hydrogen-bond donors (Lipinski definition) is 0. The molecule has 6 heteroatoms. The molecule has 0 aliphatic carbocycles. The van der Waals surface area contributed by atoms with Crippen LogP contribution >= 0.6 is 11.3 Å². The van der Waals surface area contributed by atoms with Crippen molar-refractivity contribution < 1.29 is 9.53 Å². The number of nitrogens with zero attached hydrogens (tertiary/aromatic N) is 3. The zero-order valence-corrected chi connectivity index (χ0v) is 16.7. The molecule has 0 fully saturated rings. The van der Waals surface area contributed by atoms with Crippen LogP contribution in [-0.4, -0.2) is 29.1 Å². The van der Waals surface area contributed by atoms with Crippen LogP contribution in [0.4, 0.5) is 5.69 Å². The summed E-state index contributed by atoms with van der Waals surface area (Å²) in [5.74, 6) is 0.934. The van der Waals surface area contributed by atoms with Gasteiger partial charge in [0.15, 0.2) is 5.13 Å². The summed E-state index contributed by atoms with van der Waals surface area (Å²) < 4.78 is 7.44. The van der Waals surface area contributed by atoms with Crippen LogP contribution in [0.5, 0.6) is 5.75 Å². The van der Waals surface area contributed by atoms with Crippen LogP contribution in [0.1, 0.15) is 29.1 Å². The van der Waals surface area contributed by atoms with E-state index in [4.69, 9.17) is 9.72 Å². The second-order valence-electron chi connectivity index (χ2n) is 6.89. The molecule has 0 bridgehead atoms. The van der Waals surface area contributed by atoms with Crippen molar-refractivity contribution >= 4 is 22.9 Å². The average molecular weight is 382 g/mol. The Hall–Kier alpha value is -2.60. The van der Waals surface area contributed by atoms with Gasteiger partial charge in [0.25, 0.3) is 0 Å². The molecule has 0 spiro atoms. The first-order valence-electron chi connectivity index (χ1n) is 9.14. The van der Waals surface area contributed by atoms with Gasteiger partial charge in [0, 0.05) is 29.0 Å². The number of amides is 1. The predicted octanol–water partition coefficient (Wildman–Crippen LogP) is 4.08. The molecule has 0 unspecified atom stereocenters. The molecule has 0 saturated heterocycles. The lowest BCUT2D eigenvalue weighted by molar-refractivity contribution is -0.118. The van der Waals surface area contributed by atoms with Crippen molar-refractivity contribution in [2.45, 2.75) is 33.1 Å². The molecular weight excluding hydrogens is 358 g/mol. The number of rotatable bonds is 4. The van der Waals surface area contributed by atoms with Crippen LogP contribution < -0.4 is 9.64 Å². The van der Waals surface area contributed by atoms with E-state index in [2.05, 4.69) is 30.5 Å². The lowest BCUT2D eigenvalue weighted by atomic mass is 10.0. The highest BCUT2D eigenvalue weighted by Crippen LogP contribution is 2.31. The predicted molar refractivity (Wildman–Crippen MR) is 108 cm³/mol. The minimum atomic E-state index is 0.0962. The molecule has 0 radical (unpaired) electrons. The molecule has 0 saturated carbocycles. The Labute approximate surface area is 163 Å². The third-order valence-corrected chi connectivity index (χ3v) is 5.92. The normalized spacial score (nSPS) is 13.5. The zero-order chi connectivity index (χ0) is 19.0. The minimum absolute atomic E-state index is 0.0962. The maximum atomic E-state index is 13.0. The molecule has 1 aromatic carbocycles. The van der Waals surface area contributed by atoms with Gasteiger partial charge in [0.2, 0.25) is 5.91 Å². The largest absolute Gasteiger partial charge is 0.497 e. The van der Waals surface area contributed by atoms with E-state index in [0.717, 1.165) is 53.0 Å². The van der Waals surface area contributed by atoms with Gasteiger partial charge in [-0.15, -0.1) is 11.3 Å². The Kier molecular flexibility index (Phi) is 4.74. The SMILES string of the molecule is COc1ccc2c(c1)CCCN2C(=O)Cc1csc(-n2c(C)ccc2C)n1. The Bertz CT molecular complexity index is 970. The highest BCUT2D eigenvalue weighted by atomic mass is 32.1. The van der Waals surface area contributed by atoms with Gasteiger partial charge in [0.05, 0.1) is 19.2 Å². The average Bonchev–Trinajstić information content (AvgIpc) is 3.26. The number of aryl methyl sites for hydroxylation is 3. The van der Waals surface area contributed by atoms with E-state index in [0.29, 0.717) is 6.42 Å². The van der Waals surface area contributed by atoms with E-state index in [-0.39, 0.29) is 5.91 Å². The first-order valence-corrected chi connectivity index (χ1v) is 10.0. The van der Waals surface area contributed by atoms with Gasteiger partial charge < -0.3 is 9.64 Å². The monoisotopic (exact) mass is 381 g/mol. The lowest BCUT2D eigenvalue weighted by Crippen LogP contribution is -2.36. The number of methoxy groups -OCH3 is 1. The third kappa shape index (κ3) is 3.37. The number of hydrogen-bond acceptors (Lipinski definition) is 4. The molecule has 0 N–H and O–H groups in total. The van der Waals surface area contributed by atoms with E-state index in [1.807, 2.05) is 28.5 Å². The maximum Gasteiger partial charge on any atom is 0.233 e. The summed E-state index contributed by atoms with van der Waals surface area (Å²) in [6, 6.07) is 10.1. The minimum Gasteiger partial charge on any atom is -0.497 e. The quantitative estimate of drug-likeness (QED) is 0.684. The van der Waals surface area contributed by atoms with Crippen LogP contribution in [0.25, 0.3) is 5.13 Å². The van der Waals surface area contributed by atoms with Gasteiger partial charge in [-0.2, -0.15) is 0 Å². The molecule has 5 nitrogen and oxygen atoms in total. The third-order valence-electron chi connectivity index (χ3n) is 5.04.